The van der Waals surface area contributed by atoms with Crippen LogP contribution in [0.1, 0.15) is 20.8 Å². The highest BCUT2D eigenvalue weighted by molar-refractivity contribution is 7.21. The zero-order valence-corrected chi connectivity index (χ0v) is 19.7. The predicted octanol–water partition coefficient (Wildman–Crippen LogP) is 6.60. The Balaban J connectivity index is 1.51. The number of nitrogens with zero attached hydrogens (tertiary/aromatic N) is 1. The van der Waals surface area contributed by atoms with Crippen molar-refractivity contribution in [1.29, 1.82) is 0 Å². The van der Waals surface area contributed by atoms with Crippen LogP contribution in [0.4, 0.5) is 22.0 Å². The maximum absolute atomic E-state index is 13.9. The molecule has 1 amide bonds. The highest BCUT2D eigenvalue weighted by Crippen LogP contribution is 2.35. The second-order valence-corrected chi connectivity index (χ2v) is 8.63. The van der Waals surface area contributed by atoms with Gasteiger partial charge in [0.1, 0.15) is 17.2 Å². The highest BCUT2D eigenvalue weighted by Gasteiger charge is 2.27. The molecule has 1 aromatic heterocycles. The zero-order valence-electron chi connectivity index (χ0n) is 18.2. The fourth-order valence-corrected chi connectivity index (χ4v) is 4.64. The van der Waals surface area contributed by atoms with Crippen LogP contribution in [0.3, 0.4) is 0 Å². The number of thiophene rings is 1. The normalized spacial score (nSPS) is 11.3. The Hall–Kier alpha value is -3.70. The minimum Gasteiger partial charge on any atom is -0.496 e. The lowest BCUT2D eigenvalue weighted by Crippen LogP contribution is -2.16. The molecule has 0 fully saturated rings. The van der Waals surface area contributed by atoms with Crippen molar-refractivity contribution in [3.05, 3.63) is 92.6 Å². The lowest BCUT2D eigenvalue weighted by Gasteiger charge is -2.13. The molecule has 0 unspecified atom stereocenters. The van der Waals surface area contributed by atoms with Gasteiger partial charge in [-0.15, -0.1) is 11.3 Å². The standard InChI is InChI=1S/C24H14ClF5N2O3S/c1-34-14-7-6-11(8-12(14)10-35-22-20(29)18(27)17(26)19(28)21(22)30)9-31-32-24(33)23-16(25)13-4-2-3-5-15(13)36-23/h2-9H,10H2,1H3,(H,32,33). The van der Waals surface area contributed by atoms with E-state index in [1.54, 1.807) is 18.2 Å². The SMILES string of the molecule is COc1ccc(C=NNC(=O)c2sc3ccccc3c2Cl)cc1COc1c(F)c(F)c(F)c(F)c1F. The number of benzene rings is 3. The third-order valence-corrected chi connectivity index (χ3v) is 6.64. The van der Waals surface area contributed by atoms with Gasteiger partial charge in [0, 0.05) is 15.6 Å². The number of carbonyl (C=O) groups excluding carboxylic acids is 1. The first-order valence-corrected chi connectivity index (χ1v) is 11.2. The molecule has 4 rings (SSSR count). The molecule has 0 spiro atoms. The fourth-order valence-electron chi connectivity index (χ4n) is 3.23. The molecule has 0 saturated heterocycles. The molecule has 36 heavy (non-hydrogen) atoms. The van der Waals surface area contributed by atoms with Gasteiger partial charge in [-0.05, 0) is 29.8 Å². The van der Waals surface area contributed by atoms with Gasteiger partial charge in [-0.1, -0.05) is 29.8 Å². The summed E-state index contributed by atoms with van der Waals surface area (Å²) in [5.41, 5.74) is 2.99. The van der Waals surface area contributed by atoms with Crippen LogP contribution in [-0.2, 0) is 6.61 Å². The largest absolute Gasteiger partial charge is 0.496 e. The van der Waals surface area contributed by atoms with Gasteiger partial charge in [-0.25, -0.2) is 18.6 Å². The first-order chi connectivity index (χ1) is 17.2. The van der Waals surface area contributed by atoms with E-state index in [0.717, 1.165) is 10.1 Å². The molecule has 5 nitrogen and oxygen atoms in total. The van der Waals surface area contributed by atoms with Crippen molar-refractivity contribution in [2.24, 2.45) is 5.10 Å². The molecule has 1 N–H and O–H groups in total. The smallest absolute Gasteiger partial charge is 0.283 e. The minimum atomic E-state index is -2.29. The molecule has 186 valence electrons. The molecule has 0 saturated carbocycles. The van der Waals surface area contributed by atoms with Crippen LogP contribution in [-0.4, -0.2) is 19.2 Å². The van der Waals surface area contributed by atoms with E-state index >= 15 is 0 Å². The third kappa shape index (κ3) is 4.84. The van der Waals surface area contributed by atoms with Crippen LogP contribution in [0.5, 0.6) is 11.5 Å². The fraction of sp³-hybridized carbons (Fsp3) is 0.0833. The van der Waals surface area contributed by atoms with Gasteiger partial charge in [-0.2, -0.15) is 13.9 Å². The van der Waals surface area contributed by atoms with Crippen molar-refractivity contribution >= 4 is 45.1 Å². The van der Waals surface area contributed by atoms with Crippen molar-refractivity contribution in [3.63, 3.8) is 0 Å². The van der Waals surface area contributed by atoms with Crippen LogP contribution in [0.2, 0.25) is 5.02 Å². The Morgan fingerprint density at radius 2 is 1.69 bits per heavy atom. The van der Waals surface area contributed by atoms with Gasteiger partial charge in [0.2, 0.25) is 29.1 Å². The number of rotatable bonds is 7. The van der Waals surface area contributed by atoms with E-state index < -0.39 is 47.3 Å². The number of amides is 1. The number of methoxy groups -OCH3 is 1. The molecule has 0 aliphatic heterocycles. The monoisotopic (exact) mass is 540 g/mol. The highest BCUT2D eigenvalue weighted by atomic mass is 35.5. The summed E-state index contributed by atoms with van der Waals surface area (Å²) in [5.74, 6) is -12.4. The summed E-state index contributed by atoms with van der Waals surface area (Å²) in [6.45, 7) is -0.590. The number of hydrogen-bond donors (Lipinski definition) is 1. The molecule has 12 heteroatoms. The van der Waals surface area contributed by atoms with Crippen LogP contribution in [0.25, 0.3) is 10.1 Å². The maximum Gasteiger partial charge on any atom is 0.283 e. The Bertz CT molecular complexity index is 1480. The van der Waals surface area contributed by atoms with E-state index in [4.69, 9.17) is 21.1 Å². The Morgan fingerprint density at radius 3 is 2.36 bits per heavy atom. The minimum absolute atomic E-state index is 0.212. The van der Waals surface area contributed by atoms with Crippen LogP contribution in [0, 0.1) is 29.1 Å². The van der Waals surface area contributed by atoms with E-state index in [1.165, 1.54) is 36.8 Å². The summed E-state index contributed by atoms with van der Waals surface area (Å²) in [5, 5.41) is 4.93. The average Bonchev–Trinajstić information content (AvgIpc) is 3.23. The average molecular weight is 541 g/mol. The summed E-state index contributed by atoms with van der Waals surface area (Å²) in [6, 6.07) is 11.7. The molecule has 3 aromatic carbocycles. The Kier molecular flexibility index (Phi) is 7.41. The topological polar surface area (TPSA) is 59.9 Å². The molecule has 0 aliphatic carbocycles. The van der Waals surface area contributed by atoms with Crippen molar-refractivity contribution in [2.75, 3.05) is 7.11 Å². The molecular formula is C24H14ClF5N2O3S. The molecule has 0 atom stereocenters. The first-order valence-electron chi connectivity index (χ1n) is 10.0. The molecule has 0 radical (unpaired) electrons. The summed E-state index contributed by atoms with van der Waals surface area (Å²) < 4.78 is 78.8. The number of nitrogens with one attached hydrogen (secondary N) is 1. The quantitative estimate of drug-likeness (QED) is 0.0944. The number of halogens is 6. The first kappa shape index (κ1) is 25.4. The number of ether oxygens (including phenoxy) is 2. The van der Waals surface area contributed by atoms with Crippen LogP contribution < -0.4 is 14.9 Å². The predicted molar refractivity (Wildman–Crippen MR) is 125 cm³/mol. The number of hydrogen-bond acceptors (Lipinski definition) is 5. The molecule has 0 bridgehead atoms. The Labute approximate surface area is 209 Å². The number of carbonyl (C=O) groups is 1. The maximum atomic E-state index is 13.9. The van der Waals surface area contributed by atoms with E-state index in [0.29, 0.717) is 10.6 Å². The van der Waals surface area contributed by atoms with E-state index in [1.807, 2.05) is 12.1 Å². The molecule has 0 aliphatic rings. The summed E-state index contributed by atoms with van der Waals surface area (Å²) in [7, 11) is 1.32. The number of fused-ring (bicyclic) bond motifs is 1. The second kappa shape index (κ2) is 10.5. The van der Waals surface area contributed by atoms with E-state index in [-0.39, 0.29) is 16.2 Å². The van der Waals surface area contributed by atoms with Gasteiger partial charge in [0.05, 0.1) is 18.3 Å². The number of hydrazone groups is 1. The zero-order chi connectivity index (χ0) is 26.0. The van der Waals surface area contributed by atoms with E-state index in [9.17, 15) is 26.7 Å². The lowest BCUT2D eigenvalue weighted by molar-refractivity contribution is 0.0959. The summed E-state index contributed by atoms with van der Waals surface area (Å²) >= 11 is 7.49. The lowest BCUT2D eigenvalue weighted by atomic mass is 10.1. The molecular weight excluding hydrogens is 527 g/mol. The summed E-state index contributed by atoms with van der Waals surface area (Å²) in [4.78, 5) is 12.8. The van der Waals surface area contributed by atoms with Gasteiger partial charge < -0.3 is 9.47 Å². The van der Waals surface area contributed by atoms with Crippen molar-refractivity contribution < 1.29 is 36.2 Å². The summed E-state index contributed by atoms with van der Waals surface area (Å²) in [6.07, 6.45) is 1.28. The van der Waals surface area contributed by atoms with Gasteiger partial charge >= 0.3 is 0 Å². The van der Waals surface area contributed by atoms with Gasteiger partial charge in [0.25, 0.3) is 5.91 Å². The second-order valence-electron chi connectivity index (χ2n) is 7.20. The van der Waals surface area contributed by atoms with Gasteiger partial charge in [-0.3, -0.25) is 4.79 Å². The van der Waals surface area contributed by atoms with Crippen molar-refractivity contribution in [3.8, 4) is 11.5 Å². The third-order valence-electron chi connectivity index (χ3n) is 4.97. The van der Waals surface area contributed by atoms with Crippen molar-refractivity contribution in [2.45, 2.75) is 6.61 Å². The van der Waals surface area contributed by atoms with E-state index in [2.05, 4.69) is 10.5 Å². The Morgan fingerprint density at radius 1 is 1.03 bits per heavy atom. The van der Waals surface area contributed by atoms with Crippen molar-refractivity contribution in [1.82, 2.24) is 5.43 Å². The van der Waals surface area contributed by atoms with Gasteiger partial charge in [0.15, 0.2) is 5.75 Å². The van der Waals surface area contributed by atoms with Crippen LogP contribution in [0.15, 0.2) is 47.6 Å². The molecule has 4 aromatic rings. The molecule has 1 heterocycles. The van der Waals surface area contributed by atoms with Crippen LogP contribution >= 0.6 is 22.9 Å².